The van der Waals surface area contributed by atoms with E-state index in [1.54, 1.807) is 0 Å². The molecule has 0 N–H and O–H groups in total. The largest absolute Gasteiger partial charge is 0.452 e. The predicted octanol–water partition coefficient (Wildman–Crippen LogP) is 1.38. The summed E-state index contributed by atoms with van der Waals surface area (Å²) in [7, 11) is 1.94. The Hall–Kier alpha value is -0.276. The zero-order valence-electron chi connectivity index (χ0n) is 8.00. The number of rotatable bonds is 0. The van der Waals surface area contributed by atoms with Crippen LogP contribution in [0.4, 0.5) is 0 Å². The van der Waals surface area contributed by atoms with Gasteiger partial charge in [0.15, 0.2) is 0 Å². The third-order valence-electron chi connectivity index (χ3n) is 1.95. The van der Waals surface area contributed by atoms with Gasteiger partial charge in [-0.1, -0.05) is 0 Å². The number of fused-ring (bicyclic) bond motifs is 1. The normalized spacial score (nSPS) is 10.1. The Bertz CT molecular complexity index is 434. The topological polar surface area (TPSA) is 30.7 Å². The molecule has 0 saturated heterocycles. The van der Waals surface area contributed by atoms with Crippen LogP contribution in [0.3, 0.4) is 0 Å². The first-order chi connectivity index (χ1) is 5.68. The number of aryl methyl sites for hydroxylation is 3. The van der Waals surface area contributed by atoms with E-state index in [2.05, 4.69) is 16.2 Å². The van der Waals surface area contributed by atoms with Crippen molar-refractivity contribution in [2.24, 2.45) is 7.05 Å². The molecule has 1 radical (unpaired) electrons. The van der Waals surface area contributed by atoms with Crippen LogP contribution in [-0.2, 0) is 39.8 Å². The molecule has 0 spiro atoms. The van der Waals surface area contributed by atoms with Gasteiger partial charge in [-0.2, -0.15) is 6.07 Å². The molecule has 0 aliphatic rings. The molecule has 0 aliphatic heterocycles. The first-order valence-corrected chi connectivity index (χ1v) is 3.87. The fourth-order valence-corrected chi connectivity index (χ4v) is 1.35. The SMILES string of the molecule is Cc1nc(C)c2c[c-]n(C)c2n1.[Y]. The second kappa shape index (κ2) is 3.85. The summed E-state index contributed by atoms with van der Waals surface area (Å²) in [5, 5.41) is 1.09. The van der Waals surface area contributed by atoms with Crippen molar-refractivity contribution in [1.29, 1.82) is 0 Å². The molecular weight excluding hydrogens is 239 g/mol. The fraction of sp³-hybridized carbons (Fsp3) is 0.333. The molecule has 2 aromatic rings. The molecule has 4 heteroatoms. The minimum Gasteiger partial charge on any atom is -0.452 e. The van der Waals surface area contributed by atoms with Gasteiger partial charge < -0.3 is 4.57 Å². The van der Waals surface area contributed by atoms with Crippen molar-refractivity contribution in [3.8, 4) is 0 Å². The first kappa shape index (κ1) is 10.8. The summed E-state index contributed by atoms with van der Waals surface area (Å²) in [6, 6.07) is 1.92. The summed E-state index contributed by atoms with van der Waals surface area (Å²) in [4.78, 5) is 8.59. The third-order valence-corrected chi connectivity index (χ3v) is 1.95. The van der Waals surface area contributed by atoms with E-state index >= 15 is 0 Å². The van der Waals surface area contributed by atoms with Gasteiger partial charge in [-0.15, -0.1) is 11.6 Å². The zero-order chi connectivity index (χ0) is 8.72. The smallest absolute Gasteiger partial charge is 0.112 e. The number of hydrogen-bond donors (Lipinski definition) is 0. The van der Waals surface area contributed by atoms with Crippen molar-refractivity contribution in [3.05, 3.63) is 23.8 Å². The number of nitrogens with zero attached hydrogens (tertiary/aromatic N) is 3. The van der Waals surface area contributed by atoms with E-state index in [9.17, 15) is 0 Å². The monoisotopic (exact) mass is 249 g/mol. The minimum absolute atomic E-state index is 0. The van der Waals surface area contributed by atoms with Gasteiger partial charge in [0.05, 0.1) is 0 Å². The summed E-state index contributed by atoms with van der Waals surface area (Å²) >= 11 is 0. The third kappa shape index (κ3) is 1.81. The average molecular weight is 249 g/mol. The van der Waals surface area contributed by atoms with Crippen LogP contribution in [0.15, 0.2) is 6.07 Å². The zero-order valence-corrected chi connectivity index (χ0v) is 10.8. The van der Waals surface area contributed by atoms with E-state index in [0.717, 1.165) is 22.6 Å². The number of hydrogen-bond acceptors (Lipinski definition) is 2. The molecule has 3 nitrogen and oxygen atoms in total. The molecule has 0 saturated carbocycles. The van der Waals surface area contributed by atoms with Crippen LogP contribution in [0.1, 0.15) is 11.5 Å². The van der Waals surface area contributed by atoms with Crippen molar-refractivity contribution in [1.82, 2.24) is 14.5 Å². The Kier molecular flexibility index (Phi) is 3.20. The molecule has 2 heterocycles. The van der Waals surface area contributed by atoms with Crippen LogP contribution in [0.2, 0.25) is 0 Å². The van der Waals surface area contributed by atoms with Gasteiger partial charge in [-0.25, -0.2) is 0 Å². The summed E-state index contributed by atoms with van der Waals surface area (Å²) in [6.45, 7) is 3.89. The molecule has 65 valence electrons. The first-order valence-electron chi connectivity index (χ1n) is 3.87. The second-order valence-electron chi connectivity index (χ2n) is 2.93. The average Bonchev–Trinajstić information content (AvgIpc) is 2.33. The van der Waals surface area contributed by atoms with E-state index in [1.807, 2.05) is 31.5 Å². The van der Waals surface area contributed by atoms with E-state index in [-0.39, 0.29) is 32.7 Å². The Morgan fingerprint density at radius 3 is 2.69 bits per heavy atom. The Morgan fingerprint density at radius 1 is 1.31 bits per heavy atom. The maximum Gasteiger partial charge on any atom is 0.112 e. The molecule has 0 unspecified atom stereocenters. The molecule has 0 aromatic carbocycles. The number of aromatic nitrogens is 3. The van der Waals surface area contributed by atoms with Crippen LogP contribution < -0.4 is 0 Å². The summed E-state index contributed by atoms with van der Waals surface area (Å²) in [5.41, 5.74) is 1.98. The fourth-order valence-electron chi connectivity index (χ4n) is 1.35. The van der Waals surface area contributed by atoms with Gasteiger partial charge >= 0.3 is 0 Å². The van der Waals surface area contributed by atoms with Crippen LogP contribution in [-0.4, -0.2) is 14.5 Å². The van der Waals surface area contributed by atoms with Gasteiger partial charge in [-0.3, -0.25) is 9.97 Å². The molecule has 0 atom stereocenters. The molecule has 13 heavy (non-hydrogen) atoms. The van der Waals surface area contributed by atoms with Gasteiger partial charge in [0, 0.05) is 32.7 Å². The van der Waals surface area contributed by atoms with Crippen LogP contribution >= 0.6 is 0 Å². The van der Waals surface area contributed by atoms with Crippen LogP contribution in [0, 0.1) is 20.0 Å². The maximum atomic E-state index is 4.32. The van der Waals surface area contributed by atoms with Gasteiger partial charge in [-0.05, 0) is 32.2 Å². The van der Waals surface area contributed by atoms with Crippen molar-refractivity contribution < 1.29 is 32.7 Å². The Labute approximate surface area is 102 Å². The predicted molar refractivity (Wildman–Crippen MR) is 46.8 cm³/mol. The van der Waals surface area contributed by atoms with Crippen molar-refractivity contribution in [2.45, 2.75) is 13.8 Å². The minimum atomic E-state index is 0. The molecule has 2 rings (SSSR count). The van der Waals surface area contributed by atoms with Gasteiger partial charge in [0.1, 0.15) is 5.82 Å². The Morgan fingerprint density at radius 2 is 2.00 bits per heavy atom. The quantitative estimate of drug-likeness (QED) is 0.660. The summed E-state index contributed by atoms with van der Waals surface area (Å²) < 4.78 is 1.89. The van der Waals surface area contributed by atoms with E-state index < -0.39 is 0 Å². The van der Waals surface area contributed by atoms with E-state index in [0.29, 0.717) is 0 Å². The molecule has 0 amide bonds. The van der Waals surface area contributed by atoms with Crippen molar-refractivity contribution in [2.75, 3.05) is 0 Å². The van der Waals surface area contributed by atoms with Crippen LogP contribution in [0.5, 0.6) is 0 Å². The molecule has 0 fully saturated rings. The van der Waals surface area contributed by atoms with Gasteiger partial charge in [0.2, 0.25) is 0 Å². The standard InChI is InChI=1S/C9H10N3.Y/c1-6-8-4-5-12(3)9(8)11-7(2)10-6;/h4H,1-3H3;/q-1;. The molecule has 2 aromatic heterocycles. The van der Waals surface area contributed by atoms with Crippen molar-refractivity contribution >= 4 is 11.0 Å². The van der Waals surface area contributed by atoms with Gasteiger partial charge in [0.25, 0.3) is 0 Å². The molecule has 0 bridgehead atoms. The van der Waals surface area contributed by atoms with Crippen LogP contribution in [0.25, 0.3) is 11.0 Å². The maximum absolute atomic E-state index is 4.32. The molecule has 0 aliphatic carbocycles. The molecular formula is C9H10N3Y-. The Balaban J connectivity index is 0.000000845. The summed E-state index contributed by atoms with van der Waals surface area (Å²) in [6.07, 6.45) is 3.06. The second-order valence-corrected chi connectivity index (χ2v) is 2.93. The summed E-state index contributed by atoms with van der Waals surface area (Å²) in [5.74, 6) is 0.815. The van der Waals surface area contributed by atoms with Crippen molar-refractivity contribution in [3.63, 3.8) is 0 Å². The van der Waals surface area contributed by atoms with E-state index in [1.165, 1.54) is 0 Å². The van der Waals surface area contributed by atoms with E-state index in [4.69, 9.17) is 0 Å².